The average Bonchev–Trinajstić information content (AvgIpc) is 2.53. The number of carbonyl (C=O) groups excluding carboxylic acids is 2. The Hall–Kier alpha value is -1.55. The largest absolute Gasteiger partial charge is 0.346 e. The Balaban J connectivity index is 2.42. The molecule has 0 aliphatic carbocycles. The molecule has 0 N–H and O–H groups in total. The van der Waals surface area contributed by atoms with Crippen LogP contribution in [0, 0.1) is 5.92 Å². The van der Waals surface area contributed by atoms with Crippen LogP contribution in [0.5, 0.6) is 0 Å². The highest BCUT2D eigenvalue weighted by Gasteiger charge is 2.40. The molecule has 0 radical (unpaired) electrons. The fourth-order valence-electron chi connectivity index (χ4n) is 3.13. The second-order valence-corrected chi connectivity index (χ2v) is 6.11. The Morgan fingerprint density at radius 1 is 1.41 bits per heavy atom. The molecular formula is C17H23ClN2O2. The predicted molar refractivity (Wildman–Crippen MR) is 87.6 cm³/mol. The van der Waals surface area contributed by atoms with Gasteiger partial charge in [0.1, 0.15) is 0 Å². The Morgan fingerprint density at radius 2 is 2.14 bits per heavy atom. The maximum absolute atomic E-state index is 12.7. The van der Waals surface area contributed by atoms with E-state index in [4.69, 9.17) is 11.6 Å². The SMILES string of the molecule is CCN(C)C(=O)[C@@H]1CCC(=O)N(CC)[C@H]1c1cccc(Cl)c1. The van der Waals surface area contributed by atoms with Gasteiger partial charge in [0.25, 0.3) is 0 Å². The lowest BCUT2D eigenvalue weighted by Gasteiger charge is -2.41. The number of nitrogens with zero attached hydrogens (tertiary/aromatic N) is 2. The van der Waals surface area contributed by atoms with E-state index >= 15 is 0 Å². The molecule has 2 amide bonds. The molecule has 22 heavy (non-hydrogen) atoms. The van der Waals surface area contributed by atoms with Crippen molar-refractivity contribution in [3.63, 3.8) is 0 Å². The van der Waals surface area contributed by atoms with E-state index in [1.165, 1.54) is 0 Å². The maximum atomic E-state index is 12.7. The summed E-state index contributed by atoms with van der Waals surface area (Å²) in [5.74, 6) is -0.00447. The predicted octanol–water partition coefficient (Wildman–Crippen LogP) is 3.12. The van der Waals surface area contributed by atoms with Crippen LogP contribution in [0.1, 0.15) is 38.3 Å². The first kappa shape index (κ1) is 16.8. The molecule has 0 aromatic heterocycles. The average molecular weight is 323 g/mol. The molecule has 0 unspecified atom stereocenters. The summed E-state index contributed by atoms with van der Waals surface area (Å²) in [6, 6.07) is 7.26. The Morgan fingerprint density at radius 3 is 2.73 bits per heavy atom. The highest BCUT2D eigenvalue weighted by atomic mass is 35.5. The number of benzene rings is 1. The number of piperidine rings is 1. The van der Waals surface area contributed by atoms with E-state index in [1.54, 1.807) is 15.9 Å². The number of likely N-dealkylation sites (tertiary alicyclic amines) is 1. The van der Waals surface area contributed by atoms with Crippen molar-refractivity contribution in [3.05, 3.63) is 34.9 Å². The summed E-state index contributed by atoms with van der Waals surface area (Å²) >= 11 is 6.11. The van der Waals surface area contributed by atoms with Gasteiger partial charge in [-0.2, -0.15) is 0 Å². The zero-order valence-corrected chi connectivity index (χ0v) is 14.1. The van der Waals surface area contributed by atoms with Crippen LogP contribution in [0.15, 0.2) is 24.3 Å². The van der Waals surface area contributed by atoms with Crippen LogP contribution in [0.3, 0.4) is 0 Å². The summed E-state index contributed by atoms with van der Waals surface area (Å²) in [6.45, 7) is 5.16. The molecule has 1 aliphatic heterocycles. The molecule has 1 saturated heterocycles. The van der Waals surface area contributed by atoms with Crippen molar-refractivity contribution in [2.45, 2.75) is 32.7 Å². The van der Waals surface area contributed by atoms with Crippen LogP contribution < -0.4 is 0 Å². The summed E-state index contributed by atoms with van der Waals surface area (Å²) < 4.78 is 0. The minimum atomic E-state index is -0.230. The third-order valence-corrected chi connectivity index (χ3v) is 4.64. The minimum absolute atomic E-state index is 0.0958. The maximum Gasteiger partial charge on any atom is 0.227 e. The highest BCUT2D eigenvalue weighted by molar-refractivity contribution is 6.30. The van der Waals surface area contributed by atoms with Gasteiger partial charge in [-0.05, 0) is 38.0 Å². The fraction of sp³-hybridized carbons (Fsp3) is 0.529. The fourth-order valence-corrected chi connectivity index (χ4v) is 3.32. The number of rotatable bonds is 4. The van der Waals surface area contributed by atoms with Crippen molar-refractivity contribution in [2.24, 2.45) is 5.92 Å². The van der Waals surface area contributed by atoms with E-state index in [1.807, 2.05) is 39.1 Å². The van der Waals surface area contributed by atoms with E-state index in [2.05, 4.69) is 0 Å². The van der Waals surface area contributed by atoms with Crippen molar-refractivity contribution in [3.8, 4) is 0 Å². The Kier molecular flexibility index (Phi) is 5.46. The van der Waals surface area contributed by atoms with Crippen LogP contribution in [-0.2, 0) is 9.59 Å². The van der Waals surface area contributed by atoms with Gasteiger partial charge in [0.15, 0.2) is 0 Å². The van der Waals surface area contributed by atoms with Crippen molar-refractivity contribution in [1.82, 2.24) is 9.80 Å². The van der Waals surface area contributed by atoms with E-state index in [-0.39, 0.29) is 23.8 Å². The lowest BCUT2D eigenvalue weighted by atomic mass is 9.83. The van der Waals surface area contributed by atoms with Crippen molar-refractivity contribution in [2.75, 3.05) is 20.1 Å². The van der Waals surface area contributed by atoms with E-state index in [0.717, 1.165) is 5.56 Å². The van der Waals surface area contributed by atoms with Crippen LogP contribution in [-0.4, -0.2) is 41.8 Å². The third-order valence-electron chi connectivity index (χ3n) is 4.41. The lowest BCUT2D eigenvalue weighted by molar-refractivity contribution is -0.147. The number of amides is 2. The minimum Gasteiger partial charge on any atom is -0.346 e. The van der Waals surface area contributed by atoms with Gasteiger partial charge in [-0.1, -0.05) is 23.7 Å². The van der Waals surface area contributed by atoms with Crippen LogP contribution in [0.2, 0.25) is 5.02 Å². The van der Waals surface area contributed by atoms with Gasteiger partial charge in [0.05, 0.1) is 12.0 Å². The van der Waals surface area contributed by atoms with E-state index < -0.39 is 0 Å². The molecular weight excluding hydrogens is 300 g/mol. The lowest BCUT2D eigenvalue weighted by Crippen LogP contribution is -2.48. The smallest absolute Gasteiger partial charge is 0.227 e. The molecule has 0 spiro atoms. The van der Waals surface area contributed by atoms with Gasteiger partial charge in [-0.25, -0.2) is 0 Å². The number of hydrogen-bond acceptors (Lipinski definition) is 2. The summed E-state index contributed by atoms with van der Waals surface area (Å²) in [5, 5.41) is 0.627. The van der Waals surface area contributed by atoms with Crippen molar-refractivity contribution >= 4 is 23.4 Å². The molecule has 1 aromatic rings. The number of carbonyl (C=O) groups is 2. The molecule has 1 fully saturated rings. The summed E-state index contributed by atoms with van der Waals surface area (Å²) in [7, 11) is 1.81. The number of hydrogen-bond donors (Lipinski definition) is 0. The van der Waals surface area contributed by atoms with Gasteiger partial charge in [0.2, 0.25) is 11.8 Å². The summed E-state index contributed by atoms with van der Waals surface area (Å²) in [4.78, 5) is 28.5. The zero-order chi connectivity index (χ0) is 16.3. The quantitative estimate of drug-likeness (QED) is 0.854. The summed E-state index contributed by atoms with van der Waals surface area (Å²) in [6.07, 6.45) is 1.02. The molecule has 1 aromatic carbocycles. The summed E-state index contributed by atoms with van der Waals surface area (Å²) in [5.41, 5.74) is 0.935. The monoisotopic (exact) mass is 322 g/mol. The van der Waals surface area contributed by atoms with E-state index in [0.29, 0.717) is 31.0 Å². The topological polar surface area (TPSA) is 40.6 Å². The second-order valence-electron chi connectivity index (χ2n) is 5.68. The van der Waals surface area contributed by atoms with Crippen LogP contribution >= 0.6 is 11.6 Å². The van der Waals surface area contributed by atoms with Gasteiger partial charge < -0.3 is 9.80 Å². The molecule has 2 atom stereocenters. The van der Waals surface area contributed by atoms with Gasteiger partial charge in [-0.15, -0.1) is 0 Å². The molecule has 1 aliphatic rings. The first-order valence-electron chi connectivity index (χ1n) is 7.79. The van der Waals surface area contributed by atoms with E-state index in [9.17, 15) is 9.59 Å². The standard InChI is InChI=1S/C17H23ClN2O2/c1-4-19(3)17(22)14-9-10-15(21)20(5-2)16(14)12-7-6-8-13(18)11-12/h6-8,11,14,16H,4-5,9-10H2,1-3H3/t14-,16+/m1/s1. The third kappa shape index (κ3) is 3.27. The Bertz CT molecular complexity index is 561. The van der Waals surface area contributed by atoms with Crippen molar-refractivity contribution in [1.29, 1.82) is 0 Å². The molecule has 5 heteroatoms. The second kappa shape index (κ2) is 7.14. The Labute approximate surface area is 137 Å². The molecule has 0 bridgehead atoms. The highest BCUT2D eigenvalue weighted by Crippen LogP contribution is 2.38. The molecule has 4 nitrogen and oxygen atoms in total. The molecule has 1 heterocycles. The molecule has 2 rings (SSSR count). The first-order chi connectivity index (χ1) is 10.5. The molecule has 0 saturated carbocycles. The molecule has 120 valence electrons. The van der Waals surface area contributed by atoms with Crippen LogP contribution in [0.4, 0.5) is 0 Å². The normalized spacial score (nSPS) is 21.8. The van der Waals surface area contributed by atoms with Gasteiger partial charge >= 0.3 is 0 Å². The van der Waals surface area contributed by atoms with Crippen LogP contribution in [0.25, 0.3) is 0 Å². The van der Waals surface area contributed by atoms with Gasteiger partial charge in [0, 0.05) is 31.6 Å². The van der Waals surface area contributed by atoms with Crippen molar-refractivity contribution < 1.29 is 9.59 Å². The zero-order valence-electron chi connectivity index (χ0n) is 13.4. The first-order valence-corrected chi connectivity index (χ1v) is 8.17. The number of halogens is 1. The van der Waals surface area contributed by atoms with Gasteiger partial charge in [-0.3, -0.25) is 9.59 Å².